The molecule has 1 aliphatic heterocycles. The molecule has 1 saturated heterocycles. The van der Waals surface area contributed by atoms with Gasteiger partial charge in [0.15, 0.2) is 12.4 Å². The molecular formula is C21H18F7N7O4. The molecule has 1 fully saturated rings. The Bertz CT molecular complexity index is 1410. The third-order valence-corrected chi connectivity index (χ3v) is 5.66. The van der Waals surface area contributed by atoms with E-state index in [4.69, 9.17) is 10.5 Å². The van der Waals surface area contributed by atoms with Gasteiger partial charge in [0.1, 0.15) is 23.6 Å². The van der Waals surface area contributed by atoms with E-state index in [0.717, 1.165) is 36.3 Å². The number of ether oxygens (including phenoxy) is 2. The Labute approximate surface area is 213 Å². The van der Waals surface area contributed by atoms with Gasteiger partial charge in [-0.3, -0.25) is 4.79 Å². The predicted molar refractivity (Wildman–Crippen MR) is 117 cm³/mol. The zero-order valence-electron chi connectivity index (χ0n) is 19.7. The SMILES string of the molecule is COc1ncc(-c2cc(C(F)(F)F)c3c(N)ncnn23)cc1C(=O)N[C@@H]1CN(C(=O)OCC(F)(F)F)C[C@@H]1F. The highest BCUT2D eigenvalue weighted by Gasteiger charge is 2.40. The van der Waals surface area contributed by atoms with Gasteiger partial charge in [0.05, 0.1) is 31.0 Å². The summed E-state index contributed by atoms with van der Waals surface area (Å²) in [7, 11) is 1.16. The molecule has 0 aliphatic carbocycles. The number of rotatable bonds is 5. The number of fused-ring (bicyclic) bond motifs is 1. The van der Waals surface area contributed by atoms with Crippen molar-refractivity contribution in [2.75, 3.05) is 32.5 Å². The van der Waals surface area contributed by atoms with Crippen molar-refractivity contribution in [3.05, 3.63) is 35.8 Å². The Morgan fingerprint density at radius 2 is 1.87 bits per heavy atom. The van der Waals surface area contributed by atoms with Gasteiger partial charge in [-0.15, -0.1) is 0 Å². The van der Waals surface area contributed by atoms with Crippen LogP contribution in [-0.2, 0) is 10.9 Å². The van der Waals surface area contributed by atoms with Crippen LogP contribution in [0.4, 0.5) is 41.3 Å². The van der Waals surface area contributed by atoms with Gasteiger partial charge in [0, 0.05) is 18.3 Å². The number of nitrogen functional groups attached to an aromatic ring is 1. The molecule has 0 saturated carbocycles. The van der Waals surface area contributed by atoms with Gasteiger partial charge in [-0.05, 0) is 12.1 Å². The van der Waals surface area contributed by atoms with Crippen LogP contribution in [0.25, 0.3) is 16.8 Å². The van der Waals surface area contributed by atoms with E-state index in [-0.39, 0.29) is 22.7 Å². The summed E-state index contributed by atoms with van der Waals surface area (Å²) in [5.74, 6) is -1.70. The van der Waals surface area contributed by atoms with E-state index in [1.807, 2.05) is 0 Å². The van der Waals surface area contributed by atoms with E-state index in [1.165, 1.54) is 0 Å². The molecule has 1 aliphatic rings. The molecule has 0 unspecified atom stereocenters. The highest BCUT2D eigenvalue weighted by atomic mass is 19.4. The molecule has 18 heteroatoms. The van der Waals surface area contributed by atoms with Gasteiger partial charge in [-0.25, -0.2) is 23.7 Å². The number of carbonyl (C=O) groups excluding carboxylic acids is 2. The minimum absolute atomic E-state index is 0.0230. The average Bonchev–Trinajstić information content (AvgIpc) is 3.43. The van der Waals surface area contributed by atoms with Crippen molar-refractivity contribution in [3.8, 4) is 17.1 Å². The normalized spacial score (nSPS) is 17.9. The quantitative estimate of drug-likeness (QED) is 0.451. The van der Waals surface area contributed by atoms with Crippen molar-refractivity contribution < 1.29 is 49.8 Å². The Morgan fingerprint density at radius 3 is 2.51 bits per heavy atom. The molecular weight excluding hydrogens is 547 g/mol. The number of aromatic nitrogens is 4. The van der Waals surface area contributed by atoms with Crippen LogP contribution in [-0.4, -0.2) is 81.7 Å². The molecule has 3 aromatic rings. The lowest BCUT2D eigenvalue weighted by atomic mass is 10.1. The van der Waals surface area contributed by atoms with E-state index < -0.39 is 73.2 Å². The lowest BCUT2D eigenvalue weighted by Crippen LogP contribution is -2.42. The van der Waals surface area contributed by atoms with Gasteiger partial charge in [-0.1, -0.05) is 0 Å². The molecule has 0 spiro atoms. The maximum absolute atomic E-state index is 14.5. The number of nitrogens with zero attached hydrogens (tertiary/aromatic N) is 5. The fraction of sp³-hybridized carbons (Fsp3) is 0.381. The Balaban J connectivity index is 1.61. The number of carbonyl (C=O) groups is 2. The van der Waals surface area contributed by atoms with E-state index in [2.05, 4.69) is 25.1 Å². The largest absolute Gasteiger partial charge is 0.480 e. The van der Waals surface area contributed by atoms with Crippen molar-refractivity contribution in [2.45, 2.75) is 24.6 Å². The summed E-state index contributed by atoms with van der Waals surface area (Å²) >= 11 is 0. The van der Waals surface area contributed by atoms with Crippen LogP contribution in [0.1, 0.15) is 15.9 Å². The summed E-state index contributed by atoms with van der Waals surface area (Å²) in [6.45, 7) is -3.02. The first kappa shape index (κ1) is 27.6. The molecule has 0 aromatic carbocycles. The molecule has 0 bridgehead atoms. The van der Waals surface area contributed by atoms with E-state index >= 15 is 0 Å². The summed E-state index contributed by atoms with van der Waals surface area (Å²) in [5, 5.41) is 6.11. The first-order valence-corrected chi connectivity index (χ1v) is 10.9. The smallest absolute Gasteiger partial charge is 0.422 e. The molecule has 4 heterocycles. The summed E-state index contributed by atoms with van der Waals surface area (Å²) in [4.78, 5) is 33.0. The molecule has 0 radical (unpaired) electrons. The van der Waals surface area contributed by atoms with Gasteiger partial charge in [0.25, 0.3) is 5.91 Å². The fourth-order valence-corrected chi connectivity index (χ4v) is 3.94. The minimum Gasteiger partial charge on any atom is -0.480 e. The summed E-state index contributed by atoms with van der Waals surface area (Å²) in [6, 6.07) is 0.520. The second-order valence-electron chi connectivity index (χ2n) is 8.30. The Kier molecular flexibility index (Phi) is 7.14. The molecule has 4 rings (SSSR count). The Morgan fingerprint density at radius 1 is 1.15 bits per heavy atom. The molecule has 210 valence electrons. The predicted octanol–water partition coefficient (Wildman–Crippen LogP) is 2.85. The van der Waals surface area contributed by atoms with Crippen LogP contribution in [0.5, 0.6) is 5.88 Å². The lowest BCUT2D eigenvalue weighted by Gasteiger charge is -2.17. The number of pyridine rings is 1. The Hall–Kier alpha value is -4.38. The topological polar surface area (TPSA) is 137 Å². The standard InChI is InChI=1S/C21H18F7N7O4/c1-38-18-10(17(36)33-13-6-34(5-12(13)22)19(37)39-7-20(23,24)25)2-9(4-30-18)14-3-11(21(26,27)28)15-16(29)31-8-32-35(14)15/h2-4,8,12-13H,5-7H2,1H3,(H,33,36)(H2,29,31,32)/t12-,13+/m0/s1. The van der Waals surface area contributed by atoms with Crippen molar-refractivity contribution >= 4 is 23.3 Å². The highest BCUT2D eigenvalue weighted by molar-refractivity contribution is 5.98. The maximum atomic E-state index is 14.5. The molecule has 3 N–H and O–H groups in total. The van der Waals surface area contributed by atoms with Crippen LogP contribution in [0.15, 0.2) is 24.7 Å². The average molecular weight is 565 g/mol. The van der Waals surface area contributed by atoms with Crippen LogP contribution in [0.2, 0.25) is 0 Å². The van der Waals surface area contributed by atoms with Gasteiger partial charge < -0.3 is 25.4 Å². The first-order chi connectivity index (χ1) is 18.2. The summed E-state index contributed by atoms with van der Waals surface area (Å²) in [6.07, 6.45) is -10.8. The number of likely N-dealkylation sites (tertiary alicyclic amines) is 1. The lowest BCUT2D eigenvalue weighted by molar-refractivity contribution is -0.162. The number of alkyl halides is 7. The van der Waals surface area contributed by atoms with Crippen LogP contribution in [0.3, 0.4) is 0 Å². The number of nitrogens with two attached hydrogens (primary N) is 1. The van der Waals surface area contributed by atoms with Crippen LogP contribution >= 0.6 is 0 Å². The second kappa shape index (κ2) is 10.1. The number of nitrogens with one attached hydrogen (secondary N) is 1. The van der Waals surface area contributed by atoms with E-state index in [0.29, 0.717) is 4.90 Å². The maximum Gasteiger partial charge on any atom is 0.422 e. The van der Waals surface area contributed by atoms with Crippen molar-refractivity contribution in [2.24, 2.45) is 0 Å². The first-order valence-electron chi connectivity index (χ1n) is 10.9. The highest BCUT2D eigenvalue weighted by Crippen LogP contribution is 2.39. The number of hydrogen-bond acceptors (Lipinski definition) is 8. The number of halogens is 7. The van der Waals surface area contributed by atoms with E-state index in [9.17, 15) is 40.3 Å². The van der Waals surface area contributed by atoms with Crippen molar-refractivity contribution in [1.29, 1.82) is 0 Å². The van der Waals surface area contributed by atoms with Crippen LogP contribution in [0, 0.1) is 0 Å². The molecule has 39 heavy (non-hydrogen) atoms. The molecule has 3 aromatic heterocycles. The zero-order valence-corrected chi connectivity index (χ0v) is 19.7. The number of hydrogen-bond donors (Lipinski definition) is 2. The van der Waals surface area contributed by atoms with E-state index in [1.54, 1.807) is 0 Å². The monoisotopic (exact) mass is 565 g/mol. The molecule has 2 amide bonds. The zero-order chi connectivity index (χ0) is 28.7. The number of anilines is 1. The van der Waals surface area contributed by atoms with Crippen LogP contribution < -0.4 is 15.8 Å². The summed E-state index contributed by atoms with van der Waals surface area (Å²) in [5.41, 5.74) is 3.49. The second-order valence-corrected chi connectivity index (χ2v) is 8.30. The summed E-state index contributed by atoms with van der Waals surface area (Å²) < 4.78 is 102. The number of amides is 2. The molecule has 11 nitrogen and oxygen atoms in total. The van der Waals surface area contributed by atoms with Crippen molar-refractivity contribution in [3.63, 3.8) is 0 Å². The number of methoxy groups -OCH3 is 1. The minimum atomic E-state index is -4.83. The fourth-order valence-electron chi connectivity index (χ4n) is 3.94. The van der Waals surface area contributed by atoms with Crippen molar-refractivity contribution in [1.82, 2.24) is 29.8 Å². The van der Waals surface area contributed by atoms with Gasteiger partial charge >= 0.3 is 18.4 Å². The van der Waals surface area contributed by atoms with Gasteiger partial charge in [0.2, 0.25) is 5.88 Å². The third-order valence-electron chi connectivity index (χ3n) is 5.66. The molecule has 2 atom stereocenters. The third kappa shape index (κ3) is 5.73. The van der Waals surface area contributed by atoms with Gasteiger partial charge in [-0.2, -0.15) is 31.4 Å².